The number of rotatable bonds is 10. The topological polar surface area (TPSA) is 89.3 Å². The molecule has 5 nitrogen and oxygen atoms in total. The molecule has 0 aliphatic heterocycles. The van der Waals surface area contributed by atoms with Gasteiger partial charge in [-0.3, -0.25) is 14.4 Å². The largest absolute Gasteiger partial charge is 0.369 e. The van der Waals surface area contributed by atoms with Gasteiger partial charge in [-0.05, 0) is 36.8 Å². The Morgan fingerprint density at radius 3 is 1.94 bits per heavy atom. The Labute approximate surface area is 184 Å². The van der Waals surface area contributed by atoms with Crippen molar-refractivity contribution in [2.45, 2.75) is 57.4 Å². The zero-order valence-electron chi connectivity index (χ0n) is 18.0. The maximum absolute atomic E-state index is 13.1. The summed E-state index contributed by atoms with van der Waals surface area (Å²) in [5, 5.41) is 2.95. The molecular weight excluding hydrogens is 388 g/mol. The number of primary amides is 1. The van der Waals surface area contributed by atoms with Crippen molar-refractivity contribution in [2.75, 3.05) is 0 Å². The Kier molecular flexibility index (Phi) is 8.39. The van der Waals surface area contributed by atoms with Gasteiger partial charge in [0.2, 0.25) is 11.8 Å². The van der Waals surface area contributed by atoms with Gasteiger partial charge in [-0.1, -0.05) is 73.5 Å². The molecule has 0 saturated heterocycles. The number of hydrogen-bond acceptors (Lipinski definition) is 3. The minimum absolute atomic E-state index is 0.0953. The van der Waals surface area contributed by atoms with Crippen molar-refractivity contribution in [3.8, 4) is 0 Å². The summed E-state index contributed by atoms with van der Waals surface area (Å²) < 4.78 is 0. The van der Waals surface area contributed by atoms with Gasteiger partial charge in [-0.2, -0.15) is 0 Å². The maximum Gasteiger partial charge on any atom is 0.222 e. The second-order valence-corrected chi connectivity index (χ2v) is 8.51. The van der Waals surface area contributed by atoms with E-state index in [0.717, 1.165) is 36.8 Å². The minimum atomic E-state index is -0.355. The molecule has 0 unspecified atom stereocenters. The van der Waals surface area contributed by atoms with E-state index in [1.54, 1.807) is 0 Å². The van der Waals surface area contributed by atoms with Crippen LogP contribution in [0, 0.1) is 11.8 Å². The third kappa shape index (κ3) is 7.06. The first-order valence-electron chi connectivity index (χ1n) is 11.2. The molecule has 2 atom stereocenters. The zero-order valence-corrected chi connectivity index (χ0v) is 18.0. The Hall–Kier alpha value is -2.95. The molecule has 0 bridgehead atoms. The molecule has 1 aliphatic rings. The van der Waals surface area contributed by atoms with Gasteiger partial charge in [0.25, 0.3) is 0 Å². The second-order valence-electron chi connectivity index (χ2n) is 8.51. The van der Waals surface area contributed by atoms with Gasteiger partial charge in [-0.15, -0.1) is 0 Å². The first-order chi connectivity index (χ1) is 15.0. The molecule has 5 heteroatoms. The lowest BCUT2D eigenvalue weighted by Crippen LogP contribution is -2.47. The summed E-state index contributed by atoms with van der Waals surface area (Å²) >= 11 is 0. The fourth-order valence-corrected chi connectivity index (χ4v) is 4.46. The Balaban J connectivity index is 1.58. The number of carbonyl (C=O) groups is 3. The first kappa shape index (κ1) is 22.7. The summed E-state index contributed by atoms with van der Waals surface area (Å²) in [5.41, 5.74) is 7.73. The summed E-state index contributed by atoms with van der Waals surface area (Å²) in [6.45, 7) is 0. The highest BCUT2D eigenvalue weighted by Gasteiger charge is 2.30. The van der Waals surface area contributed by atoms with Crippen LogP contribution in [0.5, 0.6) is 0 Å². The van der Waals surface area contributed by atoms with Gasteiger partial charge < -0.3 is 11.1 Å². The monoisotopic (exact) mass is 420 g/mol. The third-order valence-electron chi connectivity index (χ3n) is 6.18. The van der Waals surface area contributed by atoms with Crippen LogP contribution in [0.15, 0.2) is 60.7 Å². The van der Waals surface area contributed by atoms with Crippen molar-refractivity contribution in [3.63, 3.8) is 0 Å². The number of Topliss-reactive ketones (excluding diaryl/α,β-unsaturated/α-hetero) is 1. The van der Waals surface area contributed by atoms with Crippen molar-refractivity contribution in [3.05, 3.63) is 71.8 Å². The molecule has 2 amide bonds. The average Bonchev–Trinajstić information content (AvgIpc) is 2.78. The van der Waals surface area contributed by atoms with Crippen LogP contribution >= 0.6 is 0 Å². The predicted octanol–water partition coefficient (Wildman–Crippen LogP) is 3.60. The Bertz CT molecular complexity index is 825. The van der Waals surface area contributed by atoms with Gasteiger partial charge in [0, 0.05) is 24.8 Å². The molecule has 0 spiro atoms. The van der Waals surface area contributed by atoms with Gasteiger partial charge in [0.05, 0.1) is 5.92 Å². The number of hydrogen-bond donors (Lipinski definition) is 2. The fourth-order valence-electron chi connectivity index (χ4n) is 4.46. The van der Waals surface area contributed by atoms with Crippen molar-refractivity contribution < 1.29 is 14.4 Å². The highest BCUT2D eigenvalue weighted by atomic mass is 16.2. The van der Waals surface area contributed by atoms with Crippen LogP contribution in [0.2, 0.25) is 0 Å². The zero-order chi connectivity index (χ0) is 22.1. The molecule has 2 aromatic carbocycles. The quantitative estimate of drug-likeness (QED) is 0.615. The molecule has 1 aliphatic carbocycles. The molecule has 31 heavy (non-hydrogen) atoms. The lowest BCUT2D eigenvalue weighted by atomic mass is 9.84. The highest BCUT2D eigenvalue weighted by Crippen LogP contribution is 2.24. The van der Waals surface area contributed by atoms with Gasteiger partial charge in [0.1, 0.15) is 5.78 Å². The first-order valence-corrected chi connectivity index (χ1v) is 11.2. The van der Waals surface area contributed by atoms with Crippen LogP contribution in [0.4, 0.5) is 0 Å². The van der Waals surface area contributed by atoms with Gasteiger partial charge in [-0.25, -0.2) is 0 Å². The van der Waals surface area contributed by atoms with Crippen molar-refractivity contribution in [2.24, 2.45) is 17.6 Å². The van der Waals surface area contributed by atoms with E-state index in [2.05, 4.69) is 5.32 Å². The van der Waals surface area contributed by atoms with Crippen molar-refractivity contribution in [1.29, 1.82) is 0 Å². The van der Waals surface area contributed by atoms with Gasteiger partial charge in [0.15, 0.2) is 0 Å². The van der Waals surface area contributed by atoms with E-state index in [-0.39, 0.29) is 48.3 Å². The SMILES string of the molecule is NC(=O)[C@H]1CCCC[C@@H]1NC(=O)CCC(=O)C(Cc1ccccc1)Cc1ccccc1. The molecule has 0 aromatic heterocycles. The summed E-state index contributed by atoms with van der Waals surface area (Å²) in [6, 6.07) is 19.8. The smallest absolute Gasteiger partial charge is 0.222 e. The average molecular weight is 421 g/mol. The molecule has 0 heterocycles. The van der Waals surface area contributed by atoms with E-state index in [1.807, 2.05) is 60.7 Å². The van der Waals surface area contributed by atoms with E-state index >= 15 is 0 Å². The normalized spacial score (nSPS) is 18.5. The molecule has 1 fully saturated rings. The third-order valence-corrected chi connectivity index (χ3v) is 6.18. The number of carbonyl (C=O) groups excluding carboxylic acids is 3. The number of benzene rings is 2. The van der Waals surface area contributed by atoms with E-state index in [4.69, 9.17) is 5.73 Å². The fraction of sp³-hybridized carbons (Fsp3) is 0.423. The van der Waals surface area contributed by atoms with E-state index in [1.165, 1.54) is 0 Å². The lowest BCUT2D eigenvalue weighted by molar-refractivity contribution is -0.129. The molecule has 1 saturated carbocycles. The van der Waals surface area contributed by atoms with Crippen LogP contribution in [-0.4, -0.2) is 23.6 Å². The van der Waals surface area contributed by atoms with Crippen LogP contribution in [0.25, 0.3) is 0 Å². The predicted molar refractivity (Wildman–Crippen MR) is 121 cm³/mol. The Morgan fingerprint density at radius 2 is 1.39 bits per heavy atom. The number of nitrogens with one attached hydrogen (secondary N) is 1. The number of nitrogens with two attached hydrogens (primary N) is 1. The van der Waals surface area contributed by atoms with E-state index in [9.17, 15) is 14.4 Å². The van der Waals surface area contributed by atoms with E-state index < -0.39 is 0 Å². The Morgan fingerprint density at radius 1 is 0.839 bits per heavy atom. The van der Waals surface area contributed by atoms with Crippen LogP contribution in [0.3, 0.4) is 0 Å². The standard InChI is InChI=1S/C26H32N2O3/c27-26(31)22-13-7-8-14-23(22)28-25(30)16-15-24(29)21(17-19-9-3-1-4-10-19)18-20-11-5-2-6-12-20/h1-6,9-12,21-23H,7-8,13-18H2,(H2,27,31)(H,28,30)/t22-,23-/m0/s1. The van der Waals surface area contributed by atoms with Gasteiger partial charge >= 0.3 is 0 Å². The summed E-state index contributed by atoms with van der Waals surface area (Å²) in [4.78, 5) is 37.2. The number of ketones is 1. The maximum atomic E-state index is 13.1. The minimum Gasteiger partial charge on any atom is -0.369 e. The van der Waals surface area contributed by atoms with Crippen LogP contribution in [0.1, 0.15) is 49.7 Å². The summed E-state index contributed by atoms with van der Waals surface area (Å²) in [5.74, 6) is -0.919. The summed E-state index contributed by atoms with van der Waals surface area (Å²) in [7, 11) is 0. The van der Waals surface area contributed by atoms with Crippen LogP contribution < -0.4 is 11.1 Å². The second kappa shape index (κ2) is 11.4. The molecule has 164 valence electrons. The van der Waals surface area contributed by atoms with Crippen molar-refractivity contribution in [1.82, 2.24) is 5.32 Å². The molecule has 3 N–H and O–H groups in total. The molecule has 0 radical (unpaired) electrons. The molecule has 2 aromatic rings. The van der Waals surface area contributed by atoms with Crippen molar-refractivity contribution >= 4 is 17.6 Å². The lowest BCUT2D eigenvalue weighted by Gasteiger charge is -2.30. The molecular formula is C26H32N2O3. The molecule has 3 rings (SSSR count). The highest BCUT2D eigenvalue weighted by molar-refractivity contribution is 5.87. The van der Waals surface area contributed by atoms with Crippen LogP contribution in [-0.2, 0) is 27.2 Å². The number of amides is 2. The van der Waals surface area contributed by atoms with E-state index in [0.29, 0.717) is 12.8 Å². The summed E-state index contributed by atoms with van der Waals surface area (Å²) in [6.07, 6.45) is 5.06.